The van der Waals surface area contributed by atoms with E-state index >= 15 is 0 Å². The summed E-state index contributed by atoms with van der Waals surface area (Å²) in [5.41, 5.74) is 5.31. The number of rotatable bonds is 5. The molecule has 0 aliphatic rings. The molecule has 0 saturated carbocycles. The zero-order chi connectivity index (χ0) is 13.0. The van der Waals surface area contributed by atoms with Crippen molar-refractivity contribution in [1.29, 1.82) is 0 Å². The molecule has 1 aromatic carbocycles. The molecule has 1 N–H and O–H groups in total. The number of nitrogens with one attached hydrogen (secondary N) is 1. The molecule has 0 bridgehead atoms. The van der Waals surface area contributed by atoms with Crippen LogP contribution in [-0.2, 0) is 6.54 Å². The van der Waals surface area contributed by atoms with Crippen LogP contribution in [0.4, 0.5) is 0 Å². The molecule has 0 aliphatic heterocycles. The summed E-state index contributed by atoms with van der Waals surface area (Å²) in [6.07, 6.45) is 1.18. The Morgan fingerprint density at radius 1 is 1.22 bits per heavy atom. The Kier molecular flexibility index (Phi) is 4.98. The van der Waals surface area contributed by atoms with Crippen LogP contribution in [0.25, 0.3) is 11.1 Å². The van der Waals surface area contributed by atoms with E-state index in [0.717, 1.165) is 13.1 Å². The number of hydrogen-bond acceptors (Lipinski definition) is 2. The zero-order valence-electron chi connectivity index (χ0n) is 10.8. The van der Waals surface area contributed by atoms with Crippen LogP contribution in [0.1, 0.15) is 24.5 Å². The van der Waals surface area contributed by atoms with Crippen LogP contribution in [0.2, 0.25) is 0 Å². The van der Waals surface area contributed by atoms with Crippen molar-refractivity contribution < 1.29 is 0 Å². The smallest absolute Gasteiger partial charge is 0.0360 e. The topological polar surface area (TPSA) is 12.0 Å². The third-order valence-electron chi connectivity index (χ3n) is 2.96. The first-order valence-electron chi connectivity index (χ1n) is 6.24. The number of hydrogen-bond donors (Lipinski definition) is 1. The number of aryl methyl sites for hydroxylation is 1. The molecule has 0 radical (unpaired) electrons. The van der Waals surface area contributed by atoms with Crippen molar-refractivity contribution in [3.8, 4) is 11.1 Å². The lowest BCUT2D eigenvalue weighted by atomic mass is 10.0. The van der Waals surface area contributed by atoms with Crippen molar-refractivity contribution in [3.63, 3.8) is 0 Å². The van der Waals surface area contributed by atoms with Crippen LogP contribution in [0.5, 0.6) is 0 Å². The molecule has 0 atom stereocenters. The van der Waals surface area contributed by atoms with E-state index in [9.17, 15) is 0 Å². The Labute approximate surface area is 121 Å². The molecule has 3 heteroatoms. The molecule has 18 heavy (non-hydrogen) atoms. The van der Waals surface area contributed by atoms with Gasteiger partial charge in [0.1, 0.15) is 0 Å². The van der Waals surface area contributed by atoms with E-state index in [4.69, 9.17) is 0 Å². The van der Waals surface area contributed by atoms with E-state index in [1.807, 2.05) is 0 Å². The average molecular weight is 324 g/mol. The Morgan fingerprint density at radius 2 is 2.06 bits per heavy atom. The van der Waals surface area contributed by atoms with E-state index in [1.165, 1.54) is 33.1 Å². The van der Waals surface area contributed by atoms with Gasteiger partial charge in [0.2, 0.25) is 0 Å². The SMILES string of the molecule is CCCNCc1ccc(C)c(-c2cscc2Br)c1. The highest BCUT2D eigenvalue weighted by Crippen LogP contribution is 2.34. The maximum atomic E-state index is 3.62. The number of halogens is 1. The molecule has 1 heterocycles. The largest absolute Gasteiger partial charge is 0.313 e. The first-order chi connectivity index (χ1) is 8.72. The summed E-state index contributed by atoms with van der Waals surface area (Å²) >= 11 is 5.35. The molecule has 1 aromatic heterocycles. The first kappa shape index (κ1) is 13.8. The van der Waals surface area contributed by atoms with E-state index in [-0.39, 0.29) is 0 Å². The van der Waals surface area contributed by atoms with Crippen LogP contribution >= 0.6 is 27.3 Å². The Balaban J connectivity index is 2.25. The van der Waals surface area contributed by atoms with Crippen molar-refractivity contribution in [1.82, 2.24) is 5.32 Å². The molecule has 0 aliphatic carbocycles. The molecule has 0 amide bonds. The van der Waals surface area contributed by atoms with E-state index in [1.54, 1.807) is 11.3 Å². The van der Waals surface area contributed by atoms with Crippen molar-refractivity contribution in [3.05, 3.63) is 44.6 Å². The number of thiophene rings is 1. The van der Waals surface area contributed by atoms with Crippen molar-refractivity contribution >= 4 is 27.3 Å². The average Bonchev–Trinajstić information content (AvgIpc) is 2.78. The second-order valence-electron chi connectivity index (χ2n) is 4.46. The lowest BCUT2D eigenvalue weighted by molar-refractivity contribution is 0.675. The lowest BCUT2D eigenvalue weighted by Gasteiger charge is -2.09. The molecule has 0 spiro atoms. The summed E-state index contributed by atoms with van der Waals surface area (Å²) < 4.78 is 1.19. The Bertz CT molecular complexity index is 519. The maximum Gasteiger partial charge on any atom is 0.0360 e. The second-order valence-corrected chi connectivity index (χ2v) is 6.06. The van der Waals surface area contributed by atoms with Crippen molar-refractivity contribution in [2.75, 3.05) is 6.54 Å². The molecule has 0 fully saturated rings. The predicted octanol–water partition coefficient (Wildman–Crippen LogP) is 4.99. The van der Waals surface area contributed by atoms with E-state index in [0.29, 0.717) is 0 Å². The van der Waals surface area contributed by atoms with Gasteiger partial charge in [0.25, 0.3) is 0 Å². The highest BCUT2D eigenvalue weighted by molar-refractivity contribution is 9.10. The first-order valence-corrected chi connectivity index (χ1v) is 7.98. The van der Waals surface area contributed by atoms with Gasteiger partial charge >= 0.3 is 0 Å². The van der Waals surface area contributed by atoms with E-state index < -0.39 is 0 Å². The van der Waals surface area contributed by atoms with Gasteiger partial charge in [-0.2, -0.15) is 11.3 Å². The number of benzene rings is 1. The summed E-state index contributed by atoms with van der Waals surface area (Å²) in [5, 5.41) is 7.79. The minimum absolute atomic E-state index is 0.947. The standard InChI is InChI=1S/C15H18BrNS/c1-3-6-17-8-12-5-4-11(2)13(7-12)14-9-18-10-15(14)16/h4-5,7,9-10,17H,3,6,8H2,1-2H3. The fourth-order valence-electron chi connectivity index (χ4n) is 1.95. The summed E-state index contributed by atoms with van der Waals surface area (Å²) in [6.45, 7) is 6.38. The van der Waals surface area contributed by atoms with Crippen LogP contribution < -0.4 is 5.32 Å². The second kappa shape index (κ2) is 6.50. The van der Waals surface area contributed by atoms with Gasteiger partial charge in [-0.1, -0.05) is 19.1 Å². The minimum Gasteiger partial charge on any atom is -0.313 e. The van der Waals surface area contributed by atoms with Gasteiger partial charge in [-0.15, -0.1) is 0 Å². The third kappa shape index (κ3) is 3.22. The van der Waals surface area contributed by atoms with Gasteiger partial charge in [-0.25, -0.2) is 0 Å². The van der Waals surface area contributed by atoms with Gasteiger partial charge in [0.05, 0.1) is 0 Å². The normalized spacial score (nSPS) is 10.8. The highest BCUT2D eigenvalue weighted by Gasteiger charge is 2.07. The molecular weight excluding hydrogens is 306 g/mol. The molecule has 2 rings (SSSR count). The molecule has 2 aromatic rings. The van der Waals surface area contributed by atoms with Gasteiger partial charge in [-0.05, 0) is 64.0 Å². The van der Waals surface area contributed by atoms with Crippen LogP contribution in [-0.4, -0.2) is 6.54 Å². The third-order valence-corrected chi connectivity index (χ3v) is 4.67. The van der Waals surface area contributed by atoms with Gasteiger partial charge in [-0.3, -0.25) is 0 Å². The van der Waals surface area contributed by atoms with Gasteiger partial charge < -0.3 is 5.32 Å². The Hall–Kier alpha value is -0.640. The molecule has 96 valence electrons. The zero-order valence-corrected chi connectivity index (χ0v) is 13.2. The maximum absolute atomic E-state index is 3.62. The van der Waals surface area contributed by atoms with E-state index in [2.05, 4.69) is 64.1 Å². The summed E-state index contributed by atoms with van der Waals surface area (Å²) in [6, 6.07) is 6.72. The van der Waals surface area contributed by atoms with Crippen molar-refractivity contribution in [2.24, 2.45) is 0 Å². The molecular formula is C15H18BrNS. The fraction of sp³-hybridized carbons (Fsp3) is 0.333. The monoisotopic (exact) mass is 323 g/mol. The lowest BCUT2D eigenvalue weighted by Crippen LogP contribution is -2.13. The predicted molar refractivity (Wildman–Crippen MR) is 84.2 cm³/mol. The van der Waals surface area contributed by atoms with Gasteiger partial charge in [0, 0.05) is 22.0 Å². The van der Waals surface area contributed by atoms with Crippen LogP contribution in [0.3, 0.4) is 0 Å². The van der Waals surface area contributed by atoms with Crippen LogP contribution in [0.15, 0.2) is 33.4 Å². The van der Waals surface area contributed by atoms with Gasteiger partial charge in [0.15, 0.2) is 0 Å². The molecule has 1 nitrogen and oxygen atoms in total. The minimum atomic E-state index is 0.947. The highest BCUT2D eigenvalue weighted by atomic mass is 79.9. The molecule has 0 saturated heterocycles. The van der Waals surface area contributed by atoms with Crippen molar-refractivity contribution in [2.45, 2.75) is 26.8 Å². The summed E-state index contributed by atoms with van der Waals surface area (Å²) in [4.78, 5) is 0. The summed E-state index contributed by atoms with van der Waals surface area (Å²) in [5.74, 6) is 0. The quantitative estimate of drug-likeness (QED) is 0.764. The fourth-order valence-corrected chi connectivity index (χ4v) is 3.46. The summed E-state index contributed by atoms with van der Waals surface area (Å²) in [7, 11) is 0. The van der Waals surface area contributed by atoms with Crippen LogP contribution in [0, 0.1) is 6.92 Å². The Morgan fingerprint density at radius 3 is 2.72 bits per heavy atom. The molecule has 0 unspecified atom stereocenters.